The Balaban J connectivity index is 2.61. The van der Waals surface area contributed by atoms with Gasteiger partial charge >= 0.3 is 12.1 Å². The van der Waals surface area contributed by atoms with Crippen LogP contribution in [0, 0.1) is 0 Å². The largest absolute Gasteiger partial charge is 0.444 e. The molecule has 6 heteroatoms. The second-order valence-electron chi connectivity index (χ2n) is 5.95. The molecule has 1 rings (SSSR count). The summed E-state index contributed by atoms with van der Waals surface area (Å²) in [7, 11) is 0. The first-order valence-corrected chi connectivity index (χ1v) is 7.33. The first kappa shape index (κ1) is 16.6. The minimum absolute atomic E-state index is 0.129. The molecule has 116 valence electrons. The Kier molecular flexibility index (Phi) is 5.65. The second kappa shape index (κ2) is 6.81. The molecule has 0 bridgehead atoms. The summed E-state index contributed by atoms with van der Waals surface area (Å²) < 4.78 is 5.37. The Morgan fingerprint density at radius 1 is 1.30 bits per heavy atom. The van der Waals surface area contributed by atoms with Gasteiger partial charge in [0.15, 0.2) is 0 Å². The Morgan fingerprint density at radius 2 is 1.90 bits per heavy atom. The maximum absolute atomic E-state index is 12.1. The van der Waals surface area contributed by atoms with Crippen molar-refractivity contribution in [2.45, 2.75) is 59.2 Å². The molecule has 0 aromatic carbocycles. The number of urea groups is 1. The van der Waals surface area contributed by atoms with E-state index >= 15 is 0 Å². The van der Waals surface area contributed by atoms with E-state index in [0.717, 1.165) is 12.8 Å². The lowest BCUT2D eigenvalue weighted by Gasteiger charge is -2.30. The van der Waals surface area contributed by atoms with Crippen LogP contribution in [0.5, 0.6) is 0 Å². The van der Waals surface area contributed by atoms with E-state index < -0.39 is 5.60 Å². The molecule has 1 N–H and O–H groups in total. The van der Waals surface area contributed by atoms with Gasteiger partial charge in [-0.3, -0.25) is 4.90 Å². The minimum Gasteiger partial charge on any atom is -0.444 e. The molecular formula is C14H27N3O3. The fourth-order valence-electron chi connectivity index (χ4n) is 2.20. The number of ether oxygens (including phenoxy) is 1. The fourth-order valence-corrected chi connectivity index (χ4v) is 2.20. The average molecular weight is 285 g/mol. The number of likely N-dealkylation sites (tertiary alicyclic amines) is 1. The predicted molar refractivity (Wildman–Crippen MR) is 77.4 cm³/mol. The third kappa shape index (κ3) is 4.58. The second-order valence-corrected chi connectivity index (χ2v) is 5.95. The van der Waals surface area contributed by atoms with Crippen molar-refractivity contribution < 1.29 is 14.3 Å². The van der Waals surface area contributed by atoms with Gasteiger partial charge in [-0.1, -0.05) is 0 Å². The van der Waals surface area contributed by atoms with Crippen LogP contribution in [-0.4, -0.2) is 53.3 Å². The molecule has 20 heavy (non-hydrogen) atoms. The van der Waals surface area contributed by atoms with Crippen LogP contribution in [0.25, 0.3) is 0 Å². The van der Waals surface area contributed by atoms with Crippen molar-refractivity contribution in [2.75, 3.05) is 19.6 Å². The van der Waals surface area contributed by atoms with Crippen LogP contribution in [0.2, 0.25) is 0 Å². The molecular weight excluding hydrogens is 258 g/mol. The number of carbonyl (C=O) groups is 2. The van der Waals surface area contributed by atoms with Crippen molar-refractivity contribution in [1.82, 2.24) is 15.1 Å². The lowest BCUT2D eigenvalue weighted by Crippen LogP contribution is -2.52. The topological polar surface area (TPSA) is 61.9 Å². The summed E-state index contributed by atoms with van der Waals surface area (Å²) in [6, 6.07) is -0.129. The molecule has 1 saturated heterocycles. The zero-order valence-corrected chi connectivity index (χ0v) is 13.2. The summed E-state index contributed by atoms with van der Waals surface area (Å²) in [6.45, 7) is 11.3. The highest BCUT2D eigenvalue weighted by Gasteiger charge is 2.33. The van der Waals surface area contributed by atoms with Crippen molar-refractivity contribution in [1.29, 1.82) is 0 Å². The molecule has 1 heterocycles. The highest BCUT2D eigenvalue weighted by molar-refractivity contribution is 5.76. The third-order valence-corrected chi connectivity index (χ3v) is 3.22. The van der Waals surface area contributed by atoms with Crippen molar-refractivity contribution in [2.24, 2.45) is 0 Å². The van der Waals surface area contributed by atoms with Crippen LogP contribution in [0.1, 0.15) is 47.5 Å². The summed E-state index contributed by atoms with van der Waals surface area (Å²) in [5.74, 6) is 0. The number of nitrogens with one attached hydrogen (secondary N) is 1. The van der Waals surface area contributed by atoms with Gasteiger partial charge in [0, 0.05) is 19.6 Å². The van der Waals surface area contributed by atoms with Gasteiger partial charge in [0.25, 0.3) is 0 Å². The van der Waals surface area contributed by atoms with Gasteiger partial charge in [-0.15, -0.1) is 0 Å². The summed E-state index contributed by atoms with van der Waals surface area (Å²) in [4.78, 5) is 27.5. The monoisotopic (exact) mass is 285 g/mol. The minimum atomic E-state index is -0.521. The standard InChI is InChI=1S/C14H27N3O3/c1-6-16(7-2)12(18)15-11-9-8-10-17(11)13(19)20-14(3,4)5/h11H,6-10H2,1-5H3,(H,15,18). The van der Waals surface area contributed by atoms with E-state index in [0.29, 0.717) is 19.6 Å². The van der Waals surface area contributed by atoms with Gasteiger partial charge in [0.05, 0.1) is 0 Å². The Hall–Kier alpha value is -1.46. The highest BCUT2D eigenvalue weighted by atomic mass is 16.6. The third-order valence-electron chi connectivity index (χ3n) is 3.22. The summed E-state index contributed by atoms with van der Waals surface area (Å²) in [5, 5.41) is 2.91. The zero-order valence-electron chi connectivity index (χ0n) is 13.2. The Morgan fingerprint density at radius 3 is 2.40 bits per heavy atom. The normalized spacial score (nSPS) is 18.9. The lowest BCUT2D eigenvalue weighted by atomic mass is 10.2. The molecule has 0 aliphatic carbocycles. The average Bonchev–Trinajstić information content (AvgIpc) is 2.76. The maximum Gasteiger partial charge on any atom is 0.411 e. The van der Waals surface area contributed by atoms with Gasteiger partial charge in [0.2, 0.25) is 0 Å². The smallest absolute Gasteiger partial charge is 0.411 e. The van der Waals surface area contributed by atoms with Gasteiger partial charge in [-0.2, -0.15) is 0 Å². The molecule has 0 aromatic rings. The summed E-state index contributed by atoms with van der Waals surface area (Å²) in [6.07, 6.45) is 1.02. The highest BCUT2D eigenvalue weighted by Crippen LogP contribution is 2.19. The van der Waals surface area contributed by atoms with Gasteiger partial charge in [-0.05, 0) is 47.5 Å². The molecule has 1 fully saturated rings. The van der Waals surface area contributed by atoms with Crippen LogP contribution in [0.3, 0.4) is 0 Å². The Bertz CT molecular complexity index is 348. The molecule has 0 saturated carbocycles. The first-order chi connectivity index (χ1) is 9.28. The van der Waals surface area contributed by atoms with E-state index in [1.165, 1.54) is 0 Å². The van der Waals surface area contributed by atoms with Crippen LogP contribution in [0.15, 0.2) is 0 Å². The van der Waals surface area contributed by atoms with E-state index in [1.807, 2.05) is 34.6 Å². The van der Waals surface area contributed by atoms with E-state index in [9.17, 15) is 9.59 Å². The van der Waals surface area contributed by atoms with Crippen molar-refractivity contribution in [3.63, 3.8) is 0 Å². The van der Waals surface area contributed by atoms with Crippen LogP contribution < -0.4 is 5.32 Å². The quantitative estimate of drug-likeness (QED) is 0.866. The molecule has 1 unspecified atom stereocenters. The predicted octanol–water partition coefficient (Wildman–Crippen LogP) is 2.39. The first-order valence-electron chi connectivity index (χ1n) is 7.33. The van der Waals surface area contributed by atoms with Crippen LogP contribution in [-0.2, 0) is 4.74 Å². The zero-order chi connectivity index (χ0) is 15.3. The number of nitrogens with zero attached hydrogens (tertiary/aromatic N) is 2. The SMILES string of the molecule is CCN(CC)C(=O)NC1CCCN1C(=O)OC(C)(C)C. The van der Waals surface area contributed by atoms with Gasteiger partial charge in [0.1, 0.15) is 11.8 Å². The number of rotatable bonds is 3. The molecule has 3 amide bonds. The van der Waals surface area contributed by atoms with Crippen molar-refractivity contribution in [3.8, 4) is 0 Å². The van der Waals surface area contributed by atoms with E-state index in [2.05, 4.69) is 5.32 Å². The number of carbonyl (C=O) groups excluding carboxylic acids is 2. The molecule has 0 radical (unpaired) electrons. The number of hydrogen-bond donors (Lipinski definition) is 1. The summed E-state index contributed by atoms with van der Waals surface area (Å²) >= 11 is 0. The summed E-state index contributed by atoms with van der Waals surface area (Å²) in [5.41, 5.74) is -0.521. The molecule has 1 atom stereocenters. The van der Waals surface area contributed by atoms with Gasteiger partial charge < -0.3 is 15.0 Å². The van der Waals surface area contributed by atoms with E-state index in [4.69, 9.17) is 4.74 Å². The molecule has 0 aromatic heterocycles. The molecule has 0 spiro atoms. The van der Waals surface area contributed by atoms with Crippen LogP contribution in [0.4, 0.5) is 9.59 Å². The maximum atomic E-state index is 12.1. The molecule has 1 aliphatic rings. The Labute approximate surface area is 121 Å². The molecule has 1 aliphatic heterocycles. The van der Waals surface area contributed by atoms with Crippen LogP contribution >= 0.6 is 0 Å². The van der Waals surface area contributed by atoms with Crippen molar-refractivity contribution in [3.05, 3.63) is 0 Å². The van der Waals surface area contributed by atoms with Gasteiger partial charge in [-0.25, -0.2) is 9.59 Å². The number of amides is 3. The fraction of sp³-hybridized carbons (Fsp3) is 0.857. The molecule has 6 nitrogen and oxygen atoms in total. The van der Waals surface area contributed by atoms with E-state index in [1.54, 1.807) is 9.80 Å². The lowest BCUT2D eigenvalue weighted by molar-refractivity contribution is 0.0207. The number of hydrogen-bond acceptors (Lipinski definition) is 3. The van der Waals surface area contributed by atoms with E-state index in [-0.39, 0.29) is 18.3 Å². The van der Waals surface area contributed by atoms with Crippen molar-refractivity contribution >= 4 is 12.1 Å².